The molecule has 18 heavy (non-hydrogen) atoms. The third kappa shape index (κ3) is 3.04. The van der Waals surface area contributed by atoms with Crippen molar-refractivity contribution in [1.29, 1.82) is 0 Å². The third-order valence-corrected chi connectivity index (χ3v) is 2.46. The number of nitrogens with one attached hydrogen (secondary N) is 2. The van der Waals surface area contributed by atoms with Gasteiger partial charge in [0.05, 0.1) is 0 Å². The Morgan fingerprint density at radius 1 is 1.39 bits per heavy atom. The normalized spacial score (nSPS) is 10.7. The van der Waals surface area contributed by atoms with Gasteiger partial charge in [0, 0.05) is 31.4 Å². The Bertz CT molecular complexity index is 547. The molecule has 0 aliphatic heterocycles. The molecule has 96 valence electrons. The zero-order valence-electron chi connectivity index (χ0n) is 10.3. The molecule has 0 saturated heterocycles. The van der Waals surface area contributed by atoms with Crippen LogP contribution in [-0.4, -0.2) is 28.3 Å². The summed E-state index contributed by atoms with van der Waals surface area (Å²) < 4.78 is 5.45. The average Bonchev–Trinajstić information content (AvgIpc) is 2.84. The van der Waals surface area contributed by atoms with Gasteiger partial charge in [-0.2, -0.15) is 0 Å². The molecule has 0 aliphatic carbocycles. The molecule has 6 nitrogen and oxygen atoms in total. The van der Waals surface area contributed by atoms with Crippen LogP contribution in [0.1, 0.15) is 19.2 Å². The number of hydrogen-bond donors (Lipinski definition) is 2. The van der Waals surface area contributed by atoms with E-state index in [1.165, 1.54) is 6.07 Å². The lowest BCUT2D eigenvalue weighted by Crippen LogP contribution is -2.17. The van der Waals surface area contributed by atoms with E-state index in [1.807, 2.05) is 0 Å². The van der Waals surface area contributed by atoms with Crippen LogP contribution in [0, 0.1) is 0 Å². The van der Waals surface area contributed by atoms with Gasteiger partial charge < -0.3 is 14.7 Å². The van der Waals surface area contributed by atoms with Crippen molar-refractivity contribution in [2.75, 3.05) is 13.1 Å². The third-order valence-electron chi connectivity index (χ3n) is 2.46. The van der Waals surface area contributed by atoms with Gasteiger partial charge in [0.25, 0.3) is 5.89 Å². The van der Waals surface area contributed by atoms with Gasteiger partial charge in [-0.3, -0.25) is 4.79 Å². The van der Waals surface area contributed by atoms with Gasteiger partial charge in [-0.1, -0.05) is 6.92 Å². The fraction of sp³-hybridized carbons (Fsp3) is 0.417. The molecule has 2 heterocycles. The summed E-state index contributed by atoms with van der Waals surface area (Å²) >= 11 is 0. The highest BCUT2D eigenvalue weighted by Crippen LogP contribution is 2.12. The number of pyridine rings is 1. The number of rotatable bonds is 6. The van der Waals surface area contributed by atoms with E-state index >= 15 is 0 Å². The van der Waals surface area contributed by atoms with Crippen LogP contribution >= 0.6 is 0 Å². The second kappa shape index (κ2) is 6.11. The van der Waals surface area contributed by atoms with Crippen LogP contribution in [0.15, 0.2) is 27.7 Å². The summed E-state index contributed by atoms with van der Waals surface area (Å²) in [5.41, 5.74) is 0.269. The summed E-state index contributed by atoms with van der Waals surface area (Å²) in [6.07, 6.45) is 4.89. The van der Waals surface area contributed by atoms with Crippen LogP contribution in [0.5, 0.6) is 0 Å². The SMILES string of the molecule is CCCNCCc1nnc(-c2c[nH]ccc2=O)o1. The molecular formula is C12H16N4O2. The lowest BCUT2D eigenvalue weighted by Gasteiger charge is -1.98. The Morgan fingerprint density at radius 2 is 2.28 bits per heavy atom. The molecule has 0 aliphatic rings. The van der Waals surface area contributed by atoms with Gasteiger partial charge in [-0.15, -0.1) is 10.2 Å². The van der Waals surface area contributed by atoms with Gasteiger partial charge in [-0.05, 0) is 13.0 Å². The van der Waals surface area contributed by atoms with Gasteiger partial charge in [-0.25, -0.2) is 0 Å². The van der Waals surface area contributed by atoms with Crippen molar-refractivity contribution in [3.8, 4) is 11.5 Å². The minimum absolute atomic E-state index is 0.131. The summed E-state index contributed by atoms with van der Waals surface area (Å²) in [6, 6.07) is 1.43. The maximum absolute atomic E-state index is 11.6. The van der Waals surface area contributed by atoms with E-state index in [2.05, 4.69) is 27.4 Å². The van der Waals surface area contributed by atoms with Gasteiger partial charge in [0.15, 0.2) is 5.43 Å². The minimum Gasteiger partial charge on any atom is -0.420 e. The van der Waals surface area contributed by atoms with Gasteiger partial charge in [0.2, 0.25) is 5.89 Å². The first-order valence-electron chi connectivity index (χ1n) is 6.02. The van der Waals surface area contributed by atoms with E-state index in [1.54, 1.807) is 12.4 Å². The fourth-order valence-corrected chi connectivity index (χ4v) is 1.54. The van der Waals surface area contributed by atoms with E-state index in [9.17, 15) is 4.79 Å². The Balaban J connectivity index is 2.02. The van der Waals surface area contributed by atoms with Crippen molar-refractivity contribution in [1.82, 2.24) is 20.5 Å². The van der Waals surface area contributed by atoms with E-state index in [-0.39, 0.29) is 11.3 Å². The van der Waals surface area contributed by atoms with E-state index < -0.39 is 0 Å². The molecule has 0 saturated carbocycles. The molecule has 0 unspecified atom stereocenters. The van der Waals surface area contributed by atoms with Crippen LogP contribution < -0.4 is 10.7 Å². The first kappa shape index (κ1) is 12.5. The zero-order chi connectivity index (χ0) is 12.8. The Labute approximate surface area is 104 Å². The standard InChI is InChI=1S/C12H16N4O2/c1-2-5-13-7-4-11-15-16-12(18-11)9-8-14-6-3-10(9)17/h3,6,8,13H,2,4-5,7H2,1H3,(H,14,17). The Hall–Kier alpha value is -1.95. The van der Waals surface area contributed by atoms with E-state index in [0.29, 0.717) is 17.9 Å². The van der Waals surface area contributed by atoms with Crippen molar-refractivity contribution in [2.24, 2.45) is 0 Å². The number of nitrogens with zero attached hydrogens (tertiary/aromatic N) is 2. The van der Waals surface area contributed by atoms with Crippen molar-refractivity contribution in [3.05, 3.63) is 34.6 Å². The first-order chi connectivity index (χ1) is 8.81. The fourth-order valence-electron chi connectivity index (χ4n) is 1.54. The molecular weight excluding hydrogens is 232 g/mol. The quantitative estimate of drug-likeness (QED) is 0.744. The molecule has 6 heteroatoms. The topological polar surface area (TPSA) is 83.8 Å². The van der Waals surface area contributed by atoms with Gasteiger partial charge in [0.1, 0.15) is 5.56 Å². The van der Waals surface area contributed by atoms with Crippen LogP contribution in [0.3, 0.4) is 0 Å². The molecule has 0 spiro atoms. The predicted molar refractivity (Wildman–Crippen MR) is 67.2 cm³/mol. The maximum Gasteiger partial charge on any atom is 0.253 e. The monoisotopic (exact) mass is 248 g/mol. The Kier molecular flexibility index (Phi) is 4.25. The molecule has 0 amide bonds. The minimum atomic E-state index is -0.131. The molecule has 2 N–H and O–H groups in total. The maximum atomic E-state index is 11.6. The highest BCUT2D eigenvalue weighted by molar-refractivity contribution is 5.49. The molecule has 0 bridgehead atoms. The predicted octanol–water partition coefficient (Wildman–Crippen LogP) is 0.967. The van der Waals surface area contributed by atoms with Crippen molar-refractivity contribution in [2.45, 2.75) is 19.8 Å². The number of hydrogen-bond acceptors (Lipinski definition) is 5. The second-order valence-electron chi connectivity index (χ2n) is 3.92. The van der Waals surface area contributed by atoms with E-state index in [4.69, 9.17) is 4.42 Å². The molecule has 2 aromatic rings. The summed E-state index contributed by atoms with van der Waals surface area (Å²) in [5.74, 6) is 0.805. The smallest absolute Gasteiger partial charge is 0.253 e. The Morgan fingerprint density at radius 3 is 3.06 bits per heavy atom. The van der Waals surface area contributed by atoms with E-state index in [0.717, 1.165) is 19.5 Å². The van der Waals surface area contributed by atoms with Crippen LogP contribution in [0.4, 0.5) is 0 Å². The highest BCUT2D eigenvalue weighted by atomic mass is 16.4. The highest BCUT2D eigenvalue weighted by Gasteiger charge is 2.10. The van der Waals surface area contributed by atoms with Crippen LogP contribution in [0.25, 0.3) is 11.5 Å². The first-order valence-corrected chi connectivity index (χ1v) is 6.02. The van der Waals surface area contributed by atoms with Gasteiger partial charge >= 0.3 is 0 Å². The number of aromatic nitrogens is 3. The summed E-state index contributed by atoms with van der Waals surface area (Å²) in [4.78, 5) is 14.4. The average molecular weight is 248 g/mol. The number of aromatic amines is 1. The molecule has 2 aromatic heterocycles. The second-order valence-corrected chi connectivity index (χ2v) is 3.92. The van der Waals surface area contributed by atoms with Crippen molar-refractivity contribution < 1.29 is 4.42 Å². The van der Waals surface area contributed by atoms with Crippen molar-refractivity contribution >= 4 is 0 Å². The molecule has 0 atom stereocenters. The molecule has 2 rings (SSSR count). The summed E-state index contributed by atoms with van der Waals surface area (Å²) in [5, 5.41) is 11.1. The van der Waals surface area contributed by atoms with Crippen LogP contribution in [0.2, 0.25) is 0 Å². The van der Waals surface area contributed by atoms with Crippen molar-refractivity contribution in [3.63, 3.8) is 0 Å². The molecule has 0 aromatic carbocycles. The zero-order valence-corrected chi connectivity index (χ0v) is 10.3. The largest absolute Gasteiger partial charge is 0.420 e. The molecule has 0 radical (unpaired) electrons. The summed E-state index contributed by atoms with van der Waals surface area (Å²) in [7, 11) is 0. The van der Waals surface area contributed by atoms with Crippen LogP contribution in [-0.2, 0) is 6.42 Å². The summed E-state index contributed by atoms with van der Waals surface area (Å²) in [6.45, 7) is 3.87. The lowest BCUT2D eigenvalue weighted by molar-refractivity contribution is 0.494. The lowest BCUT2D eigenvalue weighted by atomic mass is 10.3. The number of H-pyrrole nitrogens is 1. The molecule has 0 fully saturated rings.